The van der Waals surface area contributed by atoms with Crippen LogP contribution in [-0.4, -0.2) is 0 Å². The van der Waals surface area contributed by atoms with Crippen LogP contribution in [0.15, 0.2) is 24.3 Å². The first-order chi connectivity index (χ1) is 13.5. The second kappa shape index (κ2) is 7.73. The number of allylic oxidation sites excluding steroid dienone is 1. The van der Waals surface area contributed by atoms with Crippen molar-refractivity contribution in [3.05, 3.63) is 69.8 Å². The summed E-state index contributed by atoms with van der Waals surface area (Å²) in [5, 5.41) is 0. The second-order valence-electron chi connectivity index (χ2n) is 8.09. The second-order valence-corrected chi connectivity index (χ2v) is 8.09. The van der Waals surface area contributed by atoms with Gasteiger partial charge >= 0.3 is 0 Å². The van der Waals surface area contributed by atoms with Crippen LogP contribution in [0.4, 0.5) is 17.6 Å². The van der Waals surface area contributed by atoms with E-state index in [0.29, 0.717) is 29.0 Å². The Morgan fingerprint density at radius 1 is 0.857 bits per heavy atom. The first-order valence-electron chi connectivity index (χ1n) is 10.1. The van der Waals surface area contributed by atoms with Crippen molar-refractivity contribution < 1.29 is 17.6 Å². The molecule has 0 amide bonds. The monoisotopic (exact) mass is 388 g/mol. The minimum Gasteiger partial charge on any atom is -0.206 e. The highest BCUT2D eigenvalue weighted by atomic mass is 19.2. The molecule has 4 rings (SSSR count). The topological polar surface area (TPSA) is 0 Å². The number of hydrogen-bond donors (Lipinski definition) is 0. The summed E-state index contributed by atoms with van der Waals surface area (Å²) < 4.78 is 55.8. The van der Waals surface area contributed by atoms with Gasteiger partial charge in [-0.05, 0) is 84.8 Å². The molecule has 2 aromatic carbocycles. The Morgan fingerprint density at radius 3 is 2.29 bits per heavy atom. The zero-order valence-electron chi connectivity index (χ0n) is 16.0. The fraction of sp³-hybridized carbons (Fsp3) is 0.417. The Labute approximate surface area is 163 Å². The van der Waals surface area contributed by atoms with Gasteiger partial charge < -0.3 is 0 Å². The van der Waals surface area contributed by atoms with Crippen LogP contribution in [0.1, 0.15) is 73.6 Å². The summed E-state index contributed by atoms with van der Waals surface area (Å²) in [6.45, 7) is 2.22. The molecular weight excluding hydrogens is 364 g/mol. The lowest BCUT2D eigenvalue weighted by molar-refractivity contribution is 0.318. The third kappa shape index (κ3) is 3.49. The molecule has 0 N–H and O–H groups in total. The fourth-order valence-electron chi connectivity index (χ4n) is 4.72. The Kier molecular flexibility index (Phi) is 5.31. The van der Waals surface area contributed by atoms with Crippen molar-refractivity contribution in [2.75, 3.05) is 0 Å². The lowest BCUT2D eigenvalue weighted by atomic mass is 9.77. The van der Waals surface area contributed by atoms with Crippen molar-refractivity contribution >= 4 is 11.6 Å². The first kappa shape index (κ1) is 19.2. The average Bonchev–Trinajstić information content (AvgIpc) is 2.72. The molecule has 1 fully saturated rings. The molecule has 0 heterocycles. The summed E-state index contributed by atoms with van der Waals surface area (Å²) >= 11 is 0. The average molecular weight is 388 g/mol. The quantitative estimate of drug-likeness (QED) is 0.379. The molecule has 0 spiro atoms. The molecule has 0 unspecified atom stereocenters. The molecule has 0 saturated heterocycles. The van der Waals surface area contributed by atoms with Gasteiger partial charge in [0.1, 0.15) is 5.82 Å². The van der Waals surface area contributed by atoms with E-state index in [1.807, 2.05) is 6.07 Å². The van der Waals surface area contributed by atoms with Crippen LogP contribution in [0.2, 0.25) is 0 Å². The molecule has 2 aromatic rings. The first-order valence-corrected chi connectivity index (χ1v) is 10.1. The van der Waals surface area contributed by atoms with Gasteiger partial charge in [-0.1, -0.05) is 31.6 Å². The lowest BCUT2D eigenvalue weighted by Crippen LogP contribution is -2.13. The molecule has 0 bridgehead atoms. The van der Waals surface area contributed by atoms with Crippen LogP contribution in [0.25, 0.3) is 11.6 Å². The third-order valence-electron chi connectivity index (χ3n) is 6.51. The van der Waals surface area contributed by atoms with Crippen molar-refractivity contribution in [3.63, 3.8) is 0 Å². The number of halogens is 4. The van der Waals surface area contributed by atoms with Gasteiger partial charge in [0.05, 0.1) is 0 Å². The zero-order valence-corrected chi connectivity index (χ0v) is 16.0. The van der Waals surface area contributed by atoms with Gasteiger partial charge in [-0.3, -0.25) is 0 Å². The van der Waals surface area contributed by atoms with Gasteiger partial charge in [0.15, 0.2) is 17.5 Å². The highest BCUT2D eigenvalue weighted by molar-refractivity contribution is 5.84. The van der Waals surface area contributed by atoms with Crippen molar-refractivity contribution in [2.45, 2.75) is 57.8 Å². The van der Waals surface area contributed by atoms with Crippen LogP contribution in [0.5, 0.6) is 0 Å². The molecular formula is C24H24F4. The normalized spacial score (nSPS) is 22.0. The minimum atomic E-state index is -1.44. The third-order valence-corrected chi connectivity index (χ3v) is 6.51. The molecule has 4 heteroatoms. The number of hydrogen-bond acceptors (Lipinski definition) is 0. The summed E-state index contributed by atoms with van der Waals surface area (Å²) in [4.78, 5) is 0. The van der Waals surface area contributed by atoms with Gasteiger partial charge in [-0.25, -0.2) is 17.6 Å². The predicted molar refractivity (Wildman–Crippen MR) is 104 cm³/mol. The van der Waals surface area contributed by atoms with Crippen LogP contribution in [0, 0.1) is 29.2 Å². The van der Waals surface area contributed by atoms with E-state index in [1.54, 1.807) is 18.2 Å². The molecule has 0 atom stereocenters. The molecule has 0 aliphatic heterocycles. The van der Waals surface area contributed by atoms with Gasteiger partial charge in [-0.2, -0.15) is 0 Å². The number of benzene rings is 2. The SMILES string of the molecule is CCC1CCC(c2ccc(C3=Cc4cc(F)c(F)c(F)c4CC3)c(F)c2)CC1. The standard InChI is InChI=1S/C24H24F4/c1-2-14-3-5-15(6-4-14)16-7-9-19(21(25)12-16)17-8-10-20-18(11-17)13-22(26)24(28)23(20)27/h7,9,11-15H,2-6,8,10H2,1H3. The summed E-state index contributed by atoms with van der Waals surface area (Å²) in [6, 6.07) is 6.38. The minimum absolute atomic E-state index is 0.160. The van der Waals surface area contributed by atoms with Crippen molar-refractivity contribution in [1.82, 2.24) is 0 Å². The zero-order chi connectivity index (χ0) is 19.8. The van der Waals surface area contributed by atoms with Gasteiger partial charge in [0, 0.05) is 5.56 Å². The Balaban J connectivity index is 1.60. The molecule has 148 valence electrons. The van der Waals surface area contributed by atoms with Crippen molar-refractivity contribution in [1.29, 1.82) is 0 Å². The Bertz CT molecular complexity index is 921. The molecule has 2 aliphatic carbocycles. The highest BCUT2D eigenvalue weighted by Gasteiger charge is 2.24. The van der Waals surface area contributed by atoms with E-state index >= 15 is 0 Å². The van der Waals surface area contributed by atoms with E-state index in [2.05, 4.69) is 6.92 Å². The molecule has 0 nitrogen and oxygen atoms in total. The Morgan fingerprint density at radius 2 is 1.61 bits per heavy atom. The summed E-state index contributed by atoms with van der Waals surface area (Å²) in [7, 11) is 0. The van der Waals surface area contributed by atoms with E-state index in [1.165, 1.54) is 19.3 Å². The fourth-order valence-corrected chi connectivity index (χ4v) is 4.72. The smallest absolute Gasteiger partial charge is 0.194 e. The largest absolute Gasteiger partial charge is 0.206 e. The van der Waals surface area contributed by atoms with Crippen LogP contribution < -0.4 is 0 Å². The maximum atomic E-state index is 14.9. The van der Waals surface area contributed by atoms with E-state index in [4.69, 9.17) is 0 Å². The van der Waals surface area contributed by atoms with E-state index < -0.39 is 17.5 Å². The van der Waals surface area contributed by atoms with Gasteiger partial charge in [0.25, 0.3) is 0 Å². The van der Waals surface area contributed by atoms with E-state index in [-0.39, 0.29) is 17.8 Å². The molecule has 0 radical (unpaired) electrons. The van der Waals surface area contributed by atoms with Gasteiger partial charge in [0.2, 0.25) is 0 Å². The maximum Gasteiger partial charge on any atom is 0.194 e. The molecule has 2 aliphatic rings. The number of rotatable bonds is 3. The summed E-state index contributed by atoms with van der Waals surface area (Å²) in [5.41, 5.74) is 2.64. The molecule has 0 aromatic heterocycles. The summed E-state index contributed by atoms with van der Waals surface area (Å²) in [6.07, 6.45) is 7.99. The van der Waals surface area contributed by atoms with Crippen LogP contribution in [0.3, 0.4) is 0 Å². The predicted octanol–water partition coefficient (Wildman–Crippen LogP) is 7.41. The summed E-state index contributed by atoms with van der Waals surface area (Å²) in [5.74, 6) is -2.90. The van der Waals surface area contributed by atoms with Gasteiger partial charge in [-0.15, -0.1) is 0 Å². The Hall–Kier alpha value is -2.10. The van der Waals surface area contributed by atoms with E-state index in [0.717, 1.165) is 30.4 Å². The highest BCUT2D eigenvalue weighted by Crippen LogP contribution is 2.39. The molecule has 1 saturated carbocycles. The maximum absolute atomic E-state index is 14.9. The number of fused-ring (bicyclic) bond motifs is 1. The lowest BCUT2D eigenvalue weighted by Gasteiger charge is -2.28. The van der Waals surface area contributed by atoms with Crippen molar-refractivity contribution in [2.24, 2.45) is 5.92 Å². The molecule has 28 heavy (non-hydrogen) atoms. The van der Waals surface area contributed by atoms with Crippen LogP contribution >= 0.6 is 0 Å². The van der Waals surface area contributed by atoms with Crippen molar-refractivity contribution in [3.8, 4) is 0 Å². The van der Waals surface area contributed by atoms with E-state index in [9.17, 15) is 17.6 Å². The van der Waals surface area contributed by atoms with Crippen LogP contribution in [-0.2, 0) is 6.42 Å².